The predicted molar refractivity (Wildman–Crippen MR) is 171 cm³/mol. The van der Waals surface area contributed by atoms with Gasteiger partial charge in [0, 0.05) is 75.9 Å². The maximum absolute atomic E-state index is 5.27. The van der Waals surface area contributed by atoms with Crippen LogP contribution in [0.15, 0.2) is 61.3 Å². The molecule has 3 aliphatic heterocycles. The summed E-state index contributed by atoms with van der Waals surface area (Å²) in [6.07, 6.45) is 8.62. The highest BCUT2D eigenvalue weighted by Gasteiger charge is 2.30. The van der Waals surface area contributed by atoms with Crippen LogP contribution < -0.4 is 14.7 Å². The minimum Gasteiger partial charge on any atom is -0.363 e. The molecule has 7 rings (SSSR count). The van der Waals surface area contributed by atoms with E-state index in [9.17, 15) is 0 Å². The van der Waals surface area contributed by atoms with Gasteiger partial charge in [-0.05, 0) is 69.2 Å². The zero-order valence-electron chi connectivity index (χ0n) is 25.0. The summed E-state index contributed by atoms with van der Waals surface area (Å²) >= 11 is 0. The average molecular weight is 563 g/mol. The Kier molecular flexibility index (Phi) is 7.22. The largest absolute Gasteiger partial charge is 0.363 e. The fourth-order valence-corrected chi connectivity index (χ4v) is 6.73. The van der Waals surface area contributed by atoms with E-state index in [1.54, 1.807) is 0 Å². The molecule has 0 amide bonds. The zero-order chi connectivity index (χ0) is 28.6. The van der Waals surface area contributed by atoms with Gasteiger partial charge in [-0.1, -0.05) is 30.3 Å². The number of pyridine rings is 1. The Labute approximate surface area is 249 Å². The molecule has 0 spiro atoms. The number of likely N-dealkylation sites (N-methyl/N-ethyl adjacent to an activating group) is 1. The van der Waals surface area contributed by atoms with Crippen molar-refractivity contribution in [1.82, 2.24) is 24.5 Å². The fourth-order valence-electron chi connectivity index (χ4n) is 6.73. The summed E-state index contributed by atoms with van der Waals surface area (Å²) in [5.41, 5.74) is 7.07. The third-order valence-corrected chi connectivity index (χ3v) is 9.30. The van der Waals surface area contributed by atoms with Crippen LogP contribution in [0.4, 0.5) is 17.5 Å². The van der Waals surface area contributed by atoms with Crippen molar-refractivity contribution in [2.75, 3.05) is 61.0 Å². The van der Waals surface area contributed by atoms with Gasteiger partial charge in [0.05, 0.1) is 11.7 Å². The lowest BCUT2D eigenvalue weighted by atomic mass is 9.93. The molecule has 0 radical (unpaired) electrons. The Bertz CT molecular complexity index is 1570. The van der Waals surface area contributed by atoms with Crippen molar-refractivity contribution in [3.05, 3.63) is 83.7 Å². The van der Waals surface area contributed by atoms with Gasteiger partial charge in [0.25, 0.3) is 0 Å². The van der Waals surface area contributed by atoms with Crippen LogP contribution in [0, 0.1) is 6.92 Å². The van der Waals surface area contributed by atoms with Crippen LogP contribution in [0.1, 0.15) is 60.5 Å². The van der Waals surface area contributed by atoms with E-state index in [-0.39, 0.29) is 6.04 Å². The molecule has 1 aromatic carbocycles. The minimum atomic E-state index is 0.194. The smallest absolute Gasteiger partial charge is 0.160 e. The molecule has 8 heteroatoms. The third-order valence-electron chi connectivity index (χ3n) is 9.30. The van der Waals surface area contributed by atoms with E-state index in [1.807, 2.05) is 12.3 Å². The number of piperidine rings is 1. The van der Waals surface area contributed by atoms with E-state index in [4.69, 9.17) is 21.6 Å². The van der Waals surface area contributed by atoms with E-state index in [0.29, 0.717) is 0 Å². The zero-order valence-corrected chi connectivity index (χ0v) is 25.0. The van der Waals surface area contributed by atoms with E-state index >= 15 is 0 Å². The van der Waals surface area contributed by atoms with Gasteiger partial charge >= 0.3 is 0 Å². The van der Waals surface area contributed by atoms with Crippen molar-refractivity contribution in [2.24, 2.45) is 0 Å². The van der Waals surface area contributed by atoms with Crippen molar-refractivity contribution < 1.29 is 0 Å². The maximum Gasteiger partial charge on any atom is 0.160 e. The van der Waals surface area contributed by atoms with Gasteiger partial charge in [0.2, 0.25) is 0 Å². The molecule has 0 N–H and O–H groups in total. The molecule has 6 heterocycles. The summed E-state index contributed by atoms with van der Waals surface area (Å²) in [6, 6.07) is 17.7. The molecule has 3 aromatic heterocycles. The summed E-state index contributed by atoms with van der Waals surface area (Å²) in [6.45, 7) is 12.7. The normalized spacial score (nSPS) is 20.0. The van der Waals surface area contributed by atoms with E-state index < -0.39 is 0 Å². The second kappa shape index (κ2) is 11.3. The monoisotopic (exact) mass is 562 g/mol. The molecule has 3 aliphatic rings. The second-order valence-corrected chi connectivity index (χ2v) is 12.2. The van der Waals surface area contributed by atoms with Crippen LogP contribution >= 0.6 is 0 Å². The van der Waals surface area contributed by atoms with Crippen molar-refractivity contribution in [2.45, 2.75) is 51.5 Å². The Balaban J connectivity index is 1.34. The van der Waals surface area contributed by atoms with Crippen LogP contribution in [0.25, 0.3) is 11.3 Å². The molecule has 8 nitrogen and oxygen atoms in total. The third kappa shape index (κ3) is 5.08. The van der Waals surface area contributed by atoms with Gasteiger partial charge in [-0.15, -0.1) is 0 Å². The maximum atomic E-state index is 5.27. The van der Waals surface area contributed by atoms with Gasteiger partial charge in [0.1, 0.15) is 17.5 Å². The van der Waals surface area contributed by atoms with Crippen molar-refractivity contribution >= 4 is 28.8 Å². The quantitative estimate of drug-likeness (QED) is 0.309. The summed E-state index contributed by atoms with van der Waals surface area (Å²) < 4.78 is 2.07. The van der Waals surface area contributed by atoms with Crippen molar-refractivity contribution in [1.29, 1.82) is 0 Å². The van der Waals surface area contributed by atoms with E-state index in [2.05, 4.69) is 80.6 Å². The van der Waals surface area contributed by atoms with Gasteiger partial charge < -0.3 is 19.6 Å². The van der Waals surface area contributed by atoms with E-state index in [0.717, 1.165) is 93.0 Å². The molecule has 0 aliphatic carbocycles. The number of fused-ring (bicyclic) bond motifs is 4. The molecule has 1 atom stereocenters. The van der Waals surface area contributed by atoms with Crippen LogP contribution in [0.3, 0.4) is 0 Å². The average Bonchev–Trinajstić information content (AvgIpc) is 3.42. The number of hydrogen-bond acceptors (Lipinski definition) is 7. The van der Waals surface area contributed by atoms with Crippen LogP contribution in [-0.2, 0) is 6.42 Å². The molecular formula is C34H42N8. The Morgan fingerprint density at radius 3 is 2.50 bits per heavy atom. The number of benzene rings is 1. The SMILES string of the molecule is C=C1c2cc(C)ccc2CCCN(c2ccccn2)CCN(C)c2cc(N3CCC3)nc3cc(nn23)[C@@H]2CCCCN12. The first-order chi connectivity index (χ1) is 20.5. The highest BCUT2D eigenvalue weighted by molar-refractivity contribution is 5.67. The lowest BCUT2D eigenvalue weighted by Gasteiger charge is -2.38. The summed E-state index contributed by atoms with van der Waals surface area (Å²) in [7, 11) is 2.18. The number of nitrogens with zero attached hydrogens (tertiary/aromatic N) is 8. The van der Waals surface area contributed by atoms with Gasteiger partial charge in [-0.3, -0.25) is 0 Å². The highest BCUT2D eigenvalue weighted by Crippen LogP contribution is 2.38. The number of aromatic nitrogens is 4. The number of rotatable bonds is 2. The number of anilines is 3. The predicted octanol–water partition coefficient (Wildman–Crippen LogP) is 5.73. The molecule has 2 fully saturated rings. The Morgan fingerprint density at radius 2 is 1.69 bits per heavy atom. The van der Waals surface area contributed by atoms with Crippen molar-refractivity contribution in [3.63, 3.8) is 0 Å². The first-order valence-electron chi connectivity index (χ1n) is 15.6. The fraction of sp³-hybridized carbons (Fsp3) is 0.441. The lowest BCUT2D eigenvalue weighted by Crippen LogP contribution is -2.38. The first-order valence-corrected chi connectivity index (χ1v) is 15.6. The minimum absolute atomic E-state index is 0.194. The molecule has 42 heavy (non-hydrogen) atoms. The van der Waals surface area contributed by atoms with Crippen molar-refractivity contribution in [3.8, 4) is 0 Å². The topological polar surface area (TPSA) is 56.0 Å². The standard InChI is InChI=1S/C34H42N8/c1-25-13-14-27-10-8-16-40(31-12-4-6-15-35-31)21-20-38(3)34-24-32(39-17-9-18-39)36-33-23-29(37-42(33)34)30-11-5-7-19-41(30)26(2)28(27)22-25/h4,6,12-15,22-24,30H,2,5,7-11,16-21H2,1,3H3/t30-/m0/s1. The molecule has 2 saturated heterocycles. The Hall–Kier alpha value is -4.07. The summed E-state index contributed by atoms with van der Waals surface area (Å²) in [5.74, 6) is 3.17. The molecule has 0 saturated carbocycles. The number of hydrogen-bond donors (Lipinski definition) is 0. The highest BCUT2D eigenvalue weighted by atomic mass is 15.4. The number of aryl methyl sites for hydroxylation is 2. The molecular weight excluding hydrogens is 520 g/mol. The Morgan fingerprint density at radius 1 is 0.833 bits per heavy atom. The molecule has 4 aromatic rings. The summed E-state index contributed by atoms with van der Waals surface area (Å²) in [4.78, 5) is 19.5. The molecule has 2 bridgehead atoms. The van der Waals surface area contributed by atoms with Crippen LogP contribution in [0.2, 0.25) is 0 Å². The van der Waals surface area contributed by atoms with Gasteiger partial charge in [-0.2, -0.15) is 9.61 Å². The van der Waals surface area contributed by atoms with Crippen LogP contribution in [0.5, 0.6) is 0 Å². The lowest BCUT2D eigenvalue weighted by molar-refractivity contribution is 0.226. The second-order valence-electron chi connectivity index (χ2n) is 12.2. The van der Waals surface area contributed by atoms with Crippen LogP contribution in [-0.4, -0.2) is 70.8 Å². The van der Waals surface area contributed by atoms with Gasteiger partial charge in [-0.25, -0.2) is 9.97 Å². The molecule has 218 valence electrons. The van der Waals surface area contributed by atoms with E-state index in [1.165, 1.54) is 36.0 Å². The molecule has 0 unspecified atom stereocenters. The summed E-state index contributed by atoms with van der Waals surface area (Å²) in [5, 5.41) is 5.27. The van der Waals surface area contributed by atoms with Gasteiger partial charge in [0.15, 0.2) is 5.65 Å². The first kappa shape index (κ1) is 26.8.